The molecule has 0 saturated carbocycles. The summed E-state index contributed by atoms with van der Waals surface area (Å²) in [6, 6.07) is 10.3. The fraction of sp³-hybridized carbons (Fsp3) is 0.333. The molecule has 2 aromatic carbocycles. The maximum absolute atomic E-state index is 6.35. The molecule has 0 aliphatic heterocycles. The second-order valence-corrected chi connectivity index (χ2v) is 5.91. The van der Waals surface area contributed by atoms with Gasteiger partial charge >= 0.3 is 0 Å². The molecule has 0 saturated heterocycles. The van der Waals surface area contributed by atoms with Crippen LogP contribution in [0, 0.1) is 20.8 Å². The monoisotopic (exact) mass is 303 g/mol. The standard InChI is InChI=1S/C18H22ClNO/c1-11-8-12(2)13(3)18(9-11)21-15-6-7-16(14(4)20-5)17(19)10-15/h6-10,14,20H,1-5H3. The Balaban J connectivity index is 2.31. The lowest BCUT2D eigenvalue weighted by Crippen LogP contribution is -2.12. The van der Waals surface area contributed by atoms with Crippen LogP contribution >= 0.6 is 11.6 Å². The van der Waals surface area contributed by atoms with Crippen molar-refractivity contribution in [3.05, 3.63) is 57.6 Å². The van der Waals surface area contributed by atoms with Crippen molar-refractivity contribution in [1.82, 2.24) is 5.32 Å². The van der Waals surface area contributed by atoms with E-state index in [9.17, 15) is 0 Å². The van der Waals surface area contributed by atoms with Crippen LogP contribution in [0.2, 0.25) is 5.02 Å². The van der Waals surface area contributed by atoms with E-state index in [0.717, 1.165) is 27.6 Å². The molecule has 0 radical (unpaired) electrons. The van der Waals surface area contributed by atoms with Gasteiger partial charge in [0.25, 0.3) is 0 Å². The van der Waals surface area contributed by atoms with Gasteiger partial charge in [0.1, 0.15) is 11.5 Å². The summed E-state index contributed by atoms with van der Waals surface area (Å²) in [5.74, 6) is 1.65. The molecule has 112 valence electrons. The van der Waals surface area contributed by atoms with Crippen molar-refractivity contribution >= 4 is 11.6 Å². The van der Waals surface area contributed by atoms with Gasteiger partial charge in [0.2, 0.25) is 0 Å². The third kappa shape index (κ3) is 3.58. The number of nitrogens with one attached hydrogen (secondary N) is 1. The molecule has 0 amide bonds. The molecule has 0 aliphatic carbocycles. The Kier molecular flexibility index (Phi) is 4.92. The first-order valence-corrected chi connectivity index (χ1v) is 7.52. The van der Waals surface area contributed by atoms with Gasteiger partial charge in [-0.3, -0.25) is 0 Å². The SMILES string of the molecule is CNC(C)c1ccc(Oc2cc(C)cc(C)c2C)cc1Cl. The van der Waals surface area contributed by atoms with Gasteiger partial charge < -0.3 is 10.1 Å². The number of halogens is 1. The van der Waals surface area contributed by atoms with E-state index in [1.54, 1.807) is 0 Å². The third-order valence-corrected chi connectivity index (χ3v) is 4.19. The highest BCUT2D eigenvalue weighted by molar-refractivity contribution is 6.31. The van der Waals surface area contributed by atoms with Crippen LogP contribution in [0.5, 0.6) is 11.5 Å². The first kappa shape index (κ1) is 15.9. The molecule has 2 aromatic rings. The fourth-order valence-corrected chi connectivity index (χ4v) is 2.65. The van der Waals surface area contributed by atoms with Crippen LogP contribution in [-0.4, -0.2) is 7.05 Å². The highest BCUT2D eigenvalue weighted by Gasteiger charge is 2.10. The number of rotatable bonds is 4. The summed E-state index contributed by atoms with van der Waals surface area (Å²) >= 11 is 6.35. The molecule has 1 atom stereocenters. The topological polar surface area (TPSA) is 21.3 Å². The maximum atomic E-state index is 6.35. The van der Waals surface area contributed by atoms with Crippen LogP contribution < -0.4 is 10.1 Å². The molecule has 1 unspecified atom stereocenters. The Morgan fingerprint density at radius 2 is 1.81 bits per heavy atom. The van der Waals surface area contributed by atoms with Crippen molar-refractivity contribution in [3.63, 3.8) is 0 Å². The quantitative estimate of drug-likeness (QED) is 0.823. The van der Waals surface area contributed by atoms with Gasteiger partial charge in [-0.05, 0) is 75.2 Å². The molecule has 3 heteroatoms. The van der Waals surface area contributed by atoms with Crippen molar-refractivity contribution in [2.45, 2.75) is 33.7 Å². The molecular weight excluding hydrogens is 282 g/mol. The van der Waals surface area contributed by atoms with Gasteiger partial charge in [0, 0.05) is 11.1 Å². The molecule has 0 bridgehead atoms. The van der Waals surface area contributed by atoms with Crippen molar-refractivity contribution in [2.24, 2.45) is 0 Å². The minimum Gasteiger partial charge on any atom is -0.457 e. The maximum Gasteiger partial charge on any atom is 0.130 e. The van der Waals surface area contributed by atoms with Crippen LogP contribution in [0.4, 0.5) is 0 Å². The van der Waals surface area contributed by atoms with Crippen LogP contribution in [0.1, 0.15) is 35.2 Å². The van der Waals surface area contributed by atoms with Gasteiger partial charge in [-0.15, -0.1) is 0 Å². The van der Waals surface area contributed by atoms with Crippen molar-refractivity contribution in [1.29, 1.82) is 0 Å². The highest BCUT2D eigenvalue weighted by atomic mass is 35.5. The summed E-state index contributed by atoms with van der Waals surface area (Å²) in [5.41, 5.74) is 4.66. The van der Waals surface area contributed by atoms with Crippen LogP contribution in [0.3, 0.4) is 0 Å². The number of aryl methyl sites for hydroxylation is 2. The van der Waals surface area contributed by atoms with E-state index in [0.29, 0.717) is 0 Å². The average Bonchev–Trinajstić information content (AvgIpc) is 2.43. The van der Waals surface area contributed by atoms with Gasteiger partial charge in [-0.25, -0.2) is 0 Å². The van der Waals surface area contributed by atoms with Gasteiger partial charge in [-0.2, -0.15) is 0 Å². The van der Waals surface area contributed by atoms with Crippen LogP contribution in [-0.2, 0) is 0 Å². The zero-order valence-corrected chi connectivity index (χ0v) is 14.0. The number of hydrogen-bond acceptors (Lipinski definition) is 2. The van der Waals surface area contributed by atoms with Crippen molar-refractivity contribution in [2.75, 3.05) is 7.05 Å². The Bertz CT molecular complexity index is 652. The van der Waals surface area contributed by atoms with E-state index in [1.807, 2.05) is 25.2 Å². The van der Waals surface area contributed by atoms with Crippen molar-refractivity contribution in [3.8, 4) is 11.5 Å². The summed E-state index contributed by atoms with van der Waals surface area (Å²) in [5, 5.41) is 3.91. The summed E-state index contributed by atoms with van der Waals surface area (Å²) in [4.78, 5) is 0. The molecule has 0 fully saturated rings. The first-order chi connectivity index (χ1) is 9.92. The van der Waals surface area contributed by atoms with E-state index in [4.69, 9.17) is 16.3 Å². The Hall–Kier alpha value is -1.51. The third-order valence-electron chi connectivity index (χ3n) is 3.86. The molecule has 2 rings (SSSR count). The Morgan fingerprint density at radius 3 is 2.43 bits per heavy atom. The molecule has 21 heavy (non-hydrogen) atoms. The molecule has 0 aromatic heterocycles. The highest BCUT2D eigenvalue weighted by Crippen LogP contribution is 2.32. The molecule has 0 spiro atoms. The largest absolute Gasteiger partial charge is 0.457 e. The number of benzene rings is 2. The zero-order chi connectivity index (χ0) is 15.6. The minimum absolute atomic E-state index is 0.217. The number of hydrogen-bond donors (Lipinski definition) is 1. The normalized spacial score (nSPS) is 12.3. The molecule has 1 N–H and O–H groups in total. The second kappa shape index (κ2) is 6.50. The average molecular weight is 304 g/mol. The predicted octanol–water partition coefficient (Wildman–Crippen LogP) is 5.34. The Morgan fingerprint density at radius 1 is 1.10 bits per heavy atom. The smallest absolute Gasteiger partial charge is 0.130 e. The molecular formula is C18H22ClNO. The van der Waals surface area contributed by atoms with Crippen molar-refractivity contribution < 1.29 is 4.74 Å². The summed E-state index contributed by atoms with van der Waals surface area (Å²) in [6.07, 6.45) is 0. The predicted molar refractivity (Wildman–Crippen MR) is 89.7 cm³/mol. The van der Waals surface area contributed by atoms with Gasteiger partial charge in [-0.1, -0.05) is 23.7 Å². The molecule has 2 nitrogen and oxygen atoms in total. The lowest BCUT2D eigenvalue weighted by atomic mass is 10.1. The molecule has 0 aliphatic rings. The van der Waals surface area contributed by atoms with Crippen LogP contribution in [0.15, 0.2) is 30.3 Å². The van der Waals surface area contributed by atoms with E-state index >= 15 is 0 Å². The number of ether oxygens (including phenoxy) is 1. The lowest BCUT2D eigenvalue weighted by molar-refractivity contribution is 0.477. The summed E-state index contributed by atoms with van der Waals surface area (Å²) < 4.78 is 6.02. The fourth-order valence-electron chi connectivity index (χ4n) is 2.31. The summed E-state index contributed by atoms with van der Waals surface area (Å²) in [6.45, 7) is 8.32. The zero-order valence-electron chi connectivity index (χ0n) is 13.3. The Labute approximate surface area is 132 Å². The first-order valence-electron chi connectivity index (χ1n) is 7.14. The second-order valence-electron chi connectivity index (χ2n) is 5.50. The molecule has 0 heterocycles. The van der Waals surface area contributed by atoms with Crippen LogP contribution in [0.25, 0.3) is 0 Å². The van der Waals surface area contributed by atoms with E-state index in [1.165, 1.54) is 11.1 Å². The van der Waals surface area contributed by atoms with Gasteiger partial charge in [0.15, 0.2) is 0 Å². The van der Waals surface area contributed by atoms with Gasteiger partial charge in [0.05, 0.1) is 0 Å². The minimum atomic E-state index is 0.217. The lowest BCUT2D eigenvalue weighted by Gasteiger charge is -2.15. The van der Waals surface area contributed by atoms with E-state index < -0.39 is 0 Å². The van der Waals surface area contributed by atoms with E-state index in [2.05, 4.69) is 45.1 Å². The summed E-state index contributed by atoms with van der Waals surface area (Å²) in [7, 11) is 1.92. The van der Waals surface area contributed by atoms with E-state index in [-0.39, 0.29) is 6.04 Å².